The number of carbonyl (C=O) groups is 1. The van der Waals surface area contributed by atoms with Crippen molar-refractivity contribution < 1.29 is 9.90 Å². The molecule has 18 heavy (non-hydrogen) atoms. The van der Waals surface area contributed by atoms with Gasteiger partial charge in [0.15, 0.2) is 0 Å². The highest BCUT2D eigenvalue weighted by Gasteiger charge is 2.15. The van der Waals surface area contributed by atoms with E-state index < -0.39 is 0 Å². The van der Waals surface area contributed by atoms with Crippen LogP contribution in [0.3, 0.4) is 0 Å². The van der Waals surface area contributed by atoms with Gasteiger partial charge in [-0.1, -0.05) is 18.5 Å². The lowest BCUT2D eigenvalue weighted by Gasteiger charge is -2.17. The number of anilines is 1. The summed E-state index contributed by atoms with van der Waals surface area (Å²) in [6.07, 6.45) is 2.43. The summed E-state index contributed by atoms with van der Waals surface area (Å²) in [7, 11) is 1.62. The van der Waals surface area contributed by atoms with Crippen LogP contribution in [-0.4, -0.2) is 47.6 Å². The number of rotatable bonds is 6. The number of aliphatic hydroxyl groups is 1. The van der Waals surface area contributed by atoms with Gasteiger partial charge in [0.25, 0.3) is 5.91 Å². The summed E-state index contributed by atoms with van der Waals surface area (Å²) in [5, 5.41) is 12.2. The van der Waals surface area contributed by atoms with Crippen molar-refractivity contribution in [2.24, 2.45) is 0 Å². The number of nitrogens with one attached hydrogen (secondary N) is 1. The van der Waals surface area contributed by atoms with Crippen molar-refractivity contribution in [3.63, 3.8) is 0 Å². The lowest BCUT2D eigenvalue weighted by atomic mass is 10.2. The Morgan fingerprint density at radius 2 is 2.33 bits per heavy atom. The Labute approximate surface area is 112 Å². The fourth-order valence-electron chi connectivity index (χ4n) is 1.41. The van der Waals surface area contributed by atoms with Crippen molar-refractivity contribution in [2.75, 3.05) is 32.1 Å². The van der Waals surface area contributed by atoms with Gasteiger partial charge in [-0.2, -0.15) is 0 Å². The Hall–Kier alpha value is -1.33. The van der Waals surface area contributed by atoms with Crippen LogP contribution in [0.1, 0.15) is 23.7 Å². The van der Waals surface area contributed by atoms with Crippen molar-refractivity contribution in [1.29, 1.82) is 0 Å². The van der Waals surface area contributed by atoms with E-state index in [1.54, 1.807) is 13.1 Å². The van der Waals surface area contributed by atoms with Gasteiger partial charge in [0.2, 0.25) is 0 Å². The van der Waals surface area contributed by atoms with Crippen LogP contribution in [0.2, 0.25) is 5.02 Å². The van der Waals surface area contributed by atoms with Crippen molar-refractivity contribution in [1.82, 2.24) is 9.88 Å². The quantitative estimate of drug-likeness (QED) is 0.825. The molecule has 0 aromatic carbocycles. The molecule has 0 aliphatic rings. The van der Waals surface area contributed by atoms with E-state index in [1.165, 1.54) is 11.1 Å². The molecule has 0 aliphatic carbocycles. The zero-order chi connectivity index (χ0) is 13.5. The van der Waals surface area contributed by atoms with Crippen LogP contribution >= 0.6 is 11.6 Å². The minimum Gasteiger partial charge on any atom is -0.395 e. The predicted octanol–water partition coefficient (Wildman–Crippen LogP) is 1.62. The molecule has 0 bridgehead atoms. The van der Waals surface area contributed by atoms with Crippen LogP contribution in [0.4, 0.5) is 5.82 Å². The van der Waals surface area contributed by atoms with Gasteiger partial charge in [-0.05, 0) is 12.5 Å². The first kappa shape index (κ1) is 14.7. The second-order valence-electron chi connectivity index (χ2n) is 3.93. The highest BCUT2D eigenvalue weighted by atomic mass is 35.5. The van der Waals surface area contributed by atoms with E-state index in [0.29, 0.717) is 16.4 Å². The number of nitrogens with zero attached hydrogens (tertiary/aromatic N) is 2. The molecule has 1 aromatic heterocycles. The third-order valence-corrected chi connectivity index (χ3v) is 2.73. The summed E-state index contributed by atoms with van der Waals surface area (Å²) in [6.45, 7) is 3.03. The van der Waals surface area contributed by atoms with Crippen molar-refractivity contribution in [3.05, 3.63) is 22.8 Å². The van der Waals surface area contributed by atoms with Crippen LogP contribution in [0.5, 0.6) is 0 Å². The fraction of sp³-hybridized carbons (Fsp3) is 0.500. The van der Waals surface area contributed by atoms with Crippen LogP contribution in [0, 0.1) is 0 Å². The molecule has 1 heterocycles. The number of hydrogen-bond donors (Lipinski definition) is 2. The van der Waals surface area contributed by atoms with Crippen molar-refractivity contribution in [2.45, 2.75) is 13.3 Å². The molecule has 100 valence electrons. The number of aliphatic hydroxyl groups excluding tert-OH is 1. The Balaban J connectivity index is 2.89. The largest absolute Gasteiger partial charge is 0.395 e. The molecule has 0 fully saturated rings. The summed E-state index contributed by atoms with van der Waals surface area (Å²) >= 11 is 5.97. The zero-order valence-electron chi connectivity index (χ0n) is 10.6. The standard InChI is InChI=1S/C12H18ClN3O2/c1-3-4-14-11-7-9(10(13)8-15-11)12(18)16(2)5-6-17/h7-8,17H,3-6H2,1-2H3,(H,14,15). The van der Waals surface area contributed by atoms with Gasteiger partial charge in [0.05, 0.1) is 17.2 Å². The molecule has 2 N–H and O–H groups in total. The first-order valence-electron chi connectivity index (χ1n) is 5.85. The highest BCUT2D eigenvalue weighted by molar-refractivity contribution is 6.33. The molecule has 0 atom stereocenters. The highest BCUT2D eigenvalue weighted by Crippen LogP contribution is 2.19. The molecule has 1 aromatic rings. The van der Waals surface area contributed by atoms with E-state index in [0.717, 1.165) is 13.0 Å². The van der Waals surface area contributed by atoms with Gasteiger partial charge in [0, 0.05) is 26.3 Å². The van der Waals surface area contributed by atoms with E-state index in [1.807, 2.05) is 6.92 Å². The molecule has 0 saturated heterocycles. The molecular formula is C12H18ClN3O2. The van der Waals surface area contributed by atoms with Crippen molar-refractivity contribution in [3.8, 4) is 0 Å². The maximum absolute atomic E-state index is 12.1. The van der Waals surface area contributed by atoms with E-state index >= 15 is 0 Å². The number of halogens is 1. The van der Waals surface area contributed by atoms with E-state index in [9.17, 15) is 4.79 Å². The molecule has 6 heteroatoms. The lowest BCUT2D eigenvalue weighted by molar-refractivity contribution is 0.0767. The second-order valence-corrected chi connectivity index (χ2v) is 4.33. The fourth-order valence-corrected chi connectivity index (χ4v) is 1.59. The van der Waals surface area contributed by atoms with Gasteiger partial charge >= 0.3 is 0 Å². The Morgan fingerprint density at radius 3 is 2.94 bits per heavy atom. The SMILES string of the molecule is CCCNc1cc(C(=O)N(C)CCO)c(Cl)cn1. The third-order valence-electron chi connectivity index (χ3n) is 2.42. The minimum absolute atomic E-state index is 0.0775. The van der Waals surface area contributed by atoms with Crippen molar-refractivity contribution >= 4 is 23.3 Å². The molecule has 0 spiro atoms. The zero-order valence-corrected chi connectivity index (χ0v) is 11.4. The number of pyridine rings is 1. The number of hydrogen-bond acceptors (Lipinski definition) is 4. The van der Waals surface area contributed by atoms with Gasteiger partial charge in [-0.25, -0.2) is 4.98 Å². The molecule has 0 radical (unpaired) electrons. The molecule has 1 amide bonds. The summed E-state index contributed by atoms with van der Waals surface area (Å²) in [6, 6.07) is 1.63. The normalized spacial score (nSPS) is 10.2. The number of carbonyl (C=O) groups excluding carboxylic acids is 1. The number of aromatic nitrogens is 1. The summed E-state index contributed by atoms with van der Waals surface area (Å²) in [5.41, 5.74) is 0.390. The topological polar surface area (TPSA) is 65.5 Å². The van der Waals surface area contributed by atoms with Crippen LogP contribution in [-0.2, 0) is 0 Å². The lowest BCUT2D eigenvalue weighted by Crippen LogP contribution is -2.29. The number of amides is 1. The average molecular weight is 272 g/mol. The summed E-state index contributed by atoms with van der Waals surface area (Å²) < 4.78 is 0. The molecule has 0 unspecified atom stereocenters. The molecule has 0 aliphatic heterocycles. The predicted molar refractivity (Wildman–Crippen MR) is 72.1 cm³/mol. The Bertz CT molecular complexity index is 412. The van der Waals surface area contributed by atoms with E-state index in [2.05, 4.69) is 10.3 Å². The molecular weight excluding hydrogens is 254 g/mol. The second kappa shape index (κ2) is 7.18. The van der Waals surface area contributed by atoms with Crippen LogP contribution < -0.4 is 5.32 Å². The van der Waals surface area contributed by atoms with Gasteiger partial charge in [-0.15, -0.1) is 0 Å². The van der Waals surface area contributed by atoms with Gasteiger partial charge < -0.3 is 15.3 Å². The third kappa shape index (κ3) is 3.85. The minimum atomic E-state index is -0.226. The average Bonchev–Trinajstić information content (AvgIpc) is 2.37. The molecule has 5 nitrogen and oxygen atoms in total. The molecule has 0 saturated carbocycles. The van der Waals surface area contributed by atoms with Gasteiger partial charge in [0.1, 0.15) is 5.82 Å². The Kier molecular flexibility index (Phi) is 5.88. The first-order valence-corrected chi connectivity index (χ1v) is 6.23. The maximum atomic E-state index is 12.1. The molecule has 1 rings (SSSR count). The smallest absolute Gasteiger partial charge is 0.255 e. The van der Waals surface area contributed by atoms with Crippen LogP contribution in [0.15, 0.2) is 12.3 Å². The first-order chi connectivity index (χ1) is 8.60. The maximum Gasteiger partial charge on any atom is 0.255 e. The summed E-state index contributed by atoms with van der Waals surface area (Å²) in [4.78, 5) is 17.6. The Morgan fingerprint density at radius 1 is 1.61 bits per heavy atom. The summed E-state index contributed by atoms with van der Waals surface area (Å²) in [5.74, 6) is 0.401. The van der Waals surface area contributed by atoms with Crippen LogP contribution in [0.25, 0.3) is 0 Å². The number of likely N-dealkylation sites (N-methyl/N-ethyl adjacent to an activating group) is 1. The van der Waals surface area contributed by atoms with Gasteiger partial charge in [-0.3, -0.25) is 4.79 Å². The monoisotopic (exact) mass is 271 g/mol. The van der Waals surface area contributed by atoms with E-state index in [4.69, 9.17) is 16.7 Å². The van der Waals surface area contributed by atoms with E-state index in [-0.39, 0.29) is 19.1 Å².